The van der Waals surface area contributed by atoms with Gasteiger partial charge in [-0.15, -0.1) is 0 Å². The topological polar surface area (TPSA) is 78.5 Å². The molecule has 30 heavy (non-hydrogen) atoms. The third-order valence-electron chi connectivity index (χ3n) is 5.54. The van der Waals surface area contributed by atoms with E-state index in [4.69, 9.17) is 11.6 Å². The summed E-state index contributed by atoms with van der Waals surface area (Å²) in [6, 6.07) is 12.0. The van der Waals surface area contributed by atoms with Gasteiger partial charge in [0.1, 0.15) is 12.1 Å². The average Bonchev–Trinajstić information content (AvgIpc) is 2.95. The van der Waals surface area contributed by atoms with Gasteiger partial charge in [0.25, 0.3) is 5.91 Å². The number of imide groups is 1. The highest BCUT2D eigenvalue weighted by Crippen LogP contribution is 2.33. The van der Waals surface area contributed by atoms with Crippen molar-refractivity contribution in [2.75, 3.05) is 11.9 Å². The Balaban J connectivity index is 1.82. The molecule has 2 N–H and O–H groups in total. The first-order chi connectivity index (χ1) is 14.2. The molecule has 158 valence electrons. The van der Waals surface area contributed by atoms with Crippen LogP contribution in [0.15, 0.2) is 42.5 Å². The van der Waals surface area contributed by atoms with Crippen molar-refractivity contribution in [2.24, 2.45) is 0 Å². The number of rotatable bonds is 6. The van der Waals surface area contributed by atoms with Gasteiger partial charge in [0.15, 0.2) is 0 Å². The Hall–Kier alpha value is -2.86. The maximum absolute atomic E-state index is 13.2. The third-order valence-corrected chi connectivity index (χ3v) is 5.79. The van der Waals surface area contributed by atoms with Crippen LogP contribution in [0.2, 0.25) is 5.02 Å². The number of anilines is 1. The third kappa shape index (κ3) is 3.92. The molecule has 1 heterocycles. The van der Waals surface area contributed by atoms with Gasteiger partial charge in [0.05, 0.1) is 0 Å². The van der Waals surface area contributed by atoms with Gasteiger partial charge in [-0.25, -0.2) is 4.79 Å². The van der Waals surface area contributed by atoms with Gasteiger partial charge in [0, 0.05) is 10.7 Å². The molecule has 1 unspecified atom stereocenters. The summed E-state index contributed by atoms with van der Waals surface area (Å²) in [5.41, 5.74) is 2.09. The maximum Gasteiger partial charge on any atom is 0.325 e. The number of amides is 4. The zero-order valence-corrected chi connectivity index (χ0v) is 18.3. The highest BCUT2D eigenvalue weighted by molar-refractivity contribution is 6.30. The van der Waals surface area contributed by atoms with Gasteiger partial charge in [-0.05, 0) is 48.1 Å². The minimum absolute atomic E-state index is 0.217. The molecule has 1 aliphatic rings. The number of halogens is 1. The van der Waals surface area contributed by atoms with E-state index in [0.29, 0.717) is 17.0 Å². The van der Waals surface area contributed by atoms with E-state index in [9.17, 15) is 14.4 Å². The second-order valence-electron chi connectivity index (χ2n) is 7.83. The normalized spacial score (nSPS) is 18.7. The molecule has 4 amide bonds. The lowest BCUT2D eigenvalue weighted by molar-refractivity contribution is -0.134. The van der Waals surface area contributed by atoms with E-state index in [1.165, 1.54) is 0 Å². The molecule has 6 nitrogen and oxygen atoms in total. The highest BCUT2D eigenvalue weighted by Gasteiger charge is 2.51. The molecular weight excluding hydrogens is 402 g/mol. The van der Waals surface area contributed by atoms with Crippen LogP contribution in [0.4, 0.5) is 10.5 Å². The Morgan fingerprint density at radius 1 is 1.17 bits per heavy atom. The first-order valence-corrected chi connectivity index (χ1v) is 10.4. The molecule has 0 spiro atoms. The summed E-state index contributed by atoms with van der Waals surface area (Å²) in [7, 11) is 0. The molecule has 1 saturated heterocycles. The lowest BCUT2D eigenvalue weighted by atomic mass is 9.87. The Labute approximate surface area is 181 Å². The Morgan fingerprint density at radius 2 is 1.83 bits per heavy atom. The summed E-state index contributed by atoms with van der Waals surface area (Å²) in [6.07, 6.45) is 0.354. The number of hydrogen-bond donors (Lipinski definition) is 2. The lowest BCUT2D eigenvalue weighted by Crippen LogP contribution is -2.44. The fourth-order valence-electron chi connectivity index (χ4n) is 3.81. The van der Waals surface area contributed by atoms with Crippen LogP contribution in [0.1, 0.15) is 49.8 Å². The second-order valence-corrected chi connectivity index (χ2v) is 8.27. The quantitative estimate of drug-likeness (QED) is 0.663. The van der Waals surface area contributed by atoms with Crippen molar-refractivity contribution in [3.05, 3.63) is 64.2 Å². The Kier molecular flexibility index (Phi) is 6.17. The molecule has 1 atom stereocenters. The number of carbonyl (C=O) groups excluding carboxylic acids is 3. The molecule has 0 aromatic heterocycles. The van der Waals surface area contributed by atoms with Crippen molar-refractivity contribution in [1.29, 1.82) is 0 Å². The summed E-state index contributed by atoms with van der Waals surface area (Å²) in [6.45, 7) is 7.47. The largest absolute Gasteiger partial charge is 0.325 e. The SMILES string of the molecule is CCC1(c2ccc(Cl)cc2)NC(=O)N(CC(=O)Nc2c(C)cccc2C(C)C)C1=O. The first kappa shape index (κ1) is 21.8. The van der Waals surface area contributed by atoms with E-state index in [1.54, 1.807) is 24.3 Å². The van der Waals surface area contributed by atoms with Crippen LogP contribution in [0.5, 0.6) is 0 Å². The van der Waals surface area contributed by atoms with Gasteiger partial charge in [-0.2, -0.15) is 0 Å². The van der Waals surface area contributed by atoms with Gasteiger partial charge < -0.3 is 10.6 Å². The van der Waals surface area contributed by atoms with E-state index in [-0.39, 0.29) is 12.5 Å². The van der Waals surface area contributed by atoms with E-state index in [2.05, 4.69) is 10.6 Å². The van der Waals surface area contributed by atoms with Gasteiger partial charge in [0.2, 0.25) is 5.91 Å². The molecular formula is C23H26ClN3O3. The van der Waals surface area contributed by atoms with Crippen LogP contribution in [0.3, 0.4) is 0 Å². The van der Waals surface area contributed by atoms with Crippen molar-refractivity contribution in [3.63, 3.8) is 0 Å². The van der Waals surface area contributed by atoms with Gasteiger partial charge in [-0.1, -0.05) is 62.7 Å². The molecule has 1 fully saturated rings. The maximum atomic E-state index is 13.2. The number of hydrogen-bond acceptors (Lipinski definition) is 3. The molecule has 2 aromatic carbocycles. The van der Waals surface area contributed by atoms with Crippen molar-refractivity contribution in [2.45, 2.75) is 45.6 Å². The van der Waals surface area contributed by atoms with Gasteiger partial charge >= 0.3 is 6.03 Å². The number of carbonyl (C=O) groups is 3. The van der Waals surface area contributed by atoms with Gasteiger partial charge in [-0.3, -0.25) is 14.5 Å². The number of nitrogens with zero attached hydrogens (tertiary/aromatic N) is 1. The lowest BCUT2D eigenvalue weighted by Gasteiger charge is -2.26. The Morgan fingerprint density at radius 3 is 2.43 bits per heavy atom. The van der Waals surface area contributed by atoms with Crippen molar-refractivity contribution < 1.29 is 14.4 Å². The fraction of sp³-hybridized carbons (Fsp3) is 0.348. The summed E-state index contributed by atoms with van der Waals surface area (Å²) in [4.78, 5) is 39.6. The zero-order valence-electron chi connectivity index (χ0n) is 17.6. The molecule has 0 saturated carbocycles. The summed E-state index contributed by atoms with van der Waals surface area (Å²) >= 11 is 5.96. The van der Waals surface area contributed by atoms with Crippen LogP contribution in [0, 0.1) is 6.92 Å². The molecule has 1 aliphatic heterocycles. The van der Waals surface area contributed by atoms with Crippen molar-refractivity contribution in [3.8, 4) is 0 Å². The van der Waals surface area contributed by atoms with Crippen LogP contribution in [-0.4, -0.2) is 29.3 Å². The van der Waals surface area contributed by atoms with E-state index in [1.807, 2.05) is 45.9 Å². The van der Waals surface area contributed by atoms with Crippen molar-refractivity contribution in [1.82, 2.24) is 10.2 Å². The Bertz CT molecular complexity index is 988. The highest BCUT2D eigenvalue weighted by atomic mass is 35.5. The minimum Gasteiger partial charge on any atom is -0.324 e. The molecule has 0 aliphatic carbocycles. The summed E-state index contributed by atoms with van der Waals surface area (Å²) in [5.74, 6) is -0.645. The molecule has 2 aromatic rings. The second kappa shape index (κ2) is 8.48. The van der Waals surface area contributed by atoms with Crippen molar-refractivity contribution >= 4 is 35.1 Å². The van der Waals surface area contributed by atoms with E-state index >= 15 is 0 Å². The molecule has 0 bridgehead atoms. The van der Waals surface area contributed by atoms with Crippen LogP contribution in [-0.2, 0) is 15.1 Å². The summed E-state index contributed by atoms with van der Waals surface area (Å²) in [5, 5.41) is 6.21. The van der Waals surface area contributed by atoms with E-state index in [0.717, 1.165) is 21.7 Å². The standard InChI is InChI=1S/C23H26ClN3O3/c1-5-23(16-9-11-17(24)12-10-16)21(29)27(22(30)26-23)13-19(28)25-20-15(4)7-6-8-18(20)14(2)3/h6-12,14H,5,13H2,1-4H3,(H,25,28)(H,26,30). The monoisotopic (exact) mass is 427 g/mol. The van der Waals surface area contributed by atoms with Crippen LogP contribution in [0.25, 0.3) is 0 Å². The first-order valence-electron chi connectivity index (χ1n) is 9.99. The smallest absolute Gasteiger partial charge is 0.324 e. The number of benzene rings is 2. The number of nitrogens with one attached hydrogen (secondary N) is 2. The number of para-hydroxylation sites is 1. The summed E-state index contributed by atoms with van der Waals surface area (Å²) < 4.78 is 0. The number of aryl methyl sites for hydroxylation is 1. The number of urea groups is 1. The van der Waals surface area contributed by atoms with E-state index < -0.39 is 23.4 Å². The zero-order chi connectivity index (χ0) is 22.1. The predicted octanol–water partition coefficient (Wildman–Crippen LogP) is 4.57. The van der Waals surface area contributed by atoms with Crippen LogP contribution < -0.4 is 10.6 Å². The minimum atomic E-state index is -1.20. The average molecular weight is 428 g/mol. The molecule has 0 radical (unpaired) electrons. The fourth-order valence-corrected chi connectivity index (χ4v) is 3.93. The van der Waals surface area contributed by atoms with Crippen LogP contribution >= 0.6 is 11.6 Å². The predicted molar refractivity (Wildman–Crippen MR) is 118 cm³/mol. The molecule has 3 rings (SSSR count). The molecule has 7 heteroatoms.